The van der Waals surface area contributed by atoms with Gasteiger partial charge in [0.05, 0.1) is 0 Å². The molecule has 0 fully saturated rings. The second kappa shape index (κ2) is 10.9. The van der Waals surface area contributed by atoms with Gasteiger partial charge in [-0.3, -0.25) is 0 Å². The molecule has 3 aromatic carbocycles. The van der Waals surface area contributed by atoms with E-state index in [4.69, 9.17) is 27.9 Å². The molecule has 0 heterocycles. The molecule has 0 saturated carbocycles. The number of ether oxygens (including phenoxy) is 1. The number of hydrogen-bond donors (Lipinski definition) is 1. The van der Waals surface area contributed by atoms with E-state index in [2.05, 4.69) is 27.3 Å². The van der Waals surface area contributed by atoms with Crippen LogP contribution in [0.4, 0.5) is 0 Å². The molecule has 0 aliphatic rings. The summed E-state index contributed by atoms with van der Waals surface area (Å²) in [6, 6.07) is 21.5. The number of nitrogens with one attached hydrogen (secondary N) is 1. The van der Waals surface area contributed by atoms with E-state index in [1.54, 1.807) is 0 Å². The minimum Gasteiger partial charge on any atom is -0.489 e. The van der Waals surface area contributed by atoms with Crippen LogP contribution in [0.25, 0.3) is 0 Å². The van der Waals surface area contributed by atoms with Gasteiger partial charge in [-0.1, -0.05) is 75.5 Å². The van der Waals surface area contributed by atoms with Crippen LogP contribution >= 0.6 is 51.5 Å². The highest BCUT2D eigenvalue weighted by Gasteiger charge is 2.07. The highest BCUT2D eigenvalue weighted by Crippen LogP contribution is 2.25. The van der Waals surface area contributed by atoms with Gasteiger partial charge in [-0.25, -0.2) is 0 Å². The van der Waals surface area contributed by atoms with Crippen LogP contribution in [0.1, 0.15) is 16.7 Å². The van der Waals surface area contributed by atoms with Crippen LogP contribution in [0.15, 0.2) is 71.2 Å². The average Bonchev–Trinajstić information content (AvgIpc) is 2.64. The molecule has 6 heteroatoms. The molecule has 1 N–H and O–H groups in total. The zero-order chi connectivity index (χ0) is 18.4. The summed E-state index contributed by atoms with van der Waals surface area (Å²) in [4.78, 5) is 0. The Morgan fingerprint density at radius 1 is 0.778 bits per heavy atom. The van der Waals surface area contributed by atoms with Crippen molar-refractivity contribution in [3.63, 3.8) is 0 Å². The third-order valence-electron chi connectivity index (χ3n) is 3.95. The lowest BCUT2D eigenvalue weighted by atomic mass is 10.1. The fourth-order valence-corrected chi connectivity index (χ4v) is 3.37. The normalized spacial score (nSPS) is 10.3. The van der Waals surface area contributed by atoms with E-state index in [9.17, 15) is 0 Å². The Hall–Kier alpha value is -1.23. The standard InChI is InChI=1S/C21H18BrCl2NO.ClH/c22-18-9-10-21(26-14-16-6-2-4-8-20(16)24)17(11-18)13-25-12-15-5-1-3-7-19(15)23;/h1-11,25H,12-14H2;1H. The van der Waals surface area contributed by atoms with Crippen molar-refractivity contribution in [1.82, 2.24) is 5.32 Å². The number of benzene rings is 3. The monoisotopic (exact) mass is 485 g/mol. The van der Waals surface area contributed by atoms with Crippen molar-refractivity contribution in [2.75, 3.05) is 0 Å². The maximum Gasteiger partial charge on any atom is 0.124 e. The van der Waals surface area contributed by atoms with Gasteiger partial charge in [0.25, 0.3) is 0 Å². The molecule has 3 aromatic rings. The highest BCUT2D eigenvalue weighted by molar-refractivity contribution is 9.10. The molecule has 0 amide bonds. The highest BCUT2D eigenvalue weighted by atomic mass is 79.9. The van der Waals surface area contributed by atoms with Crippen LogP contribution in [0, 0.1) is 0 Å². The molecule has 0 atom stereocenters. The van der Waals surface area contributed by atoms with E-state index in [-0.39, 0.29) is 12.4 Å². The molecule has 0 unspecified atom stereocenters. The summed E-state index contributed by atoms with van der Waals surface area (Å²) >= 11 is 15.9. The molecule has 0 aromatic heterocycles. The summed E-state index contributed by atoms with van der Waals surface area (Å²) in [6.45, 7) is 1.79. The summed E-state index contributed by atoms with van der Waals surface area (Å²) in [7, 11) is 0. The molecule has 142 valence electrons. The smallest absolute Gasteiger partial charge is 0.124 e. The van der Waals surface area contributed by atoms with Crippen molar-refractivity contribution < 1.29 is 4.74 Å². The first-order valence-electron chi connectivity index (χ1n) is 8.22. The predicted octanol–water partition coefficient (Wildman–Crippen LogP) is 7.05. The molecule has 2 nitrogen and oxygen atoms in total. The van der Waals surface area contributed by atoms with Crippen LogP contribution in [0.3, 0.4) is 0 Å². The average molecular weight is 488 g/mol. The maximum atomic E-state index is 6.21. The fourth-order valence-electron chi connectivity index (χ4n) is 2.57. The van der Waals surface area contributed by atoms with E-state index in [1.165, 1.54) is 0 Å². The number of rotatable bonds is 7. The lowest BCUT2D eigenvalue weighted by Crippen LogP contribution is -2.14. The van der Waals surface area contributed by atoms with Crippen molar-refractivity contribution in [2.45, 2.75) is 19.7 Å². The van der Waals surface area contributed by atoms with Crippen LogP contribution < -0.4 is 10.1 Å². The van der Waals surface area contributed by atoms with Gasteiger partial charge in [-0.05, 0) is 35.9 Å². The third-order valence-corrected chi connectivity index (χ3v) is 5.18. The molecular weight excluding hydrogens is 469 g/mol. The second-order valence-electron chi connectivity index (χ2n) is 5.83. The molecule has 0 saturated heterocycles. The van der Waals surface area contributed by atoms with Gasteiger partial charge in [0.2, 0.25) is 0 Å². The van der Waals surface area contributed by atoms with Gasteiger partial charge in [0.15, 0.2) is 0 Å². The Balaban J connectivity index is 0.00000261. The predicted molar refractivity (Wildman–Crippen MR) is 119 cm³/mol. The summed E-state index contributed by atoms with van der Waals surface area (Å²) in [5.41, 5.74) is 3.10. The van der Waals surface area contributed by atoms with Gasteiger partial charge < -0.3 is 10.1 Å². The van der Waals surface area contributed by atoms with Gasteiger partial charge in [-0.15, -0.1) is 12.4 Å². The topological polar surface area (TPSA) is 21.3 Å². The van der Waals surface area contributed by atoms with E-state index >= 15 is 0 Å². The van der Waals surface area contributed by atoms with Gasteiger partial charge >= 0.3 is 0 Å². The lowest BCUT2D eigenvalue weighted by Gasteiger charge is -2.14. The van der Waals surface area contributed by atoms with Gasteiger partial charge in [0.1, 0.15) is 12.4 Å². The molecule has 0 aliphatic carbocycles. The molecule has 0 radical (unpaired) electrons. The first kappa shape index (κ1) is 22.1. The Morgan fingerprint density at radius 2 is 1.37 bits per heavy atom. The minimum atomic E-state index is 0. The van der Waals surface area contributed by atoms with Crippen molar-refractivity contribution in [1.29, 1.82) is 0 Å². The fraction of sp³-hybridized carbons (Fsp3) is 0.143. The zero-order valence-corrected chi connectivity index (χ0v) is 18.3. The van der Waals surface area contributed by atoms with Crippen LogP contribution in [-0.4, -0.2) is 0 Å². The quantitative estimate of drug-likeness (QED) is 0.386. The first-order valence-corrected chi connectivity index (χ1v) is 9.77. The van der Waals surface area contributed by atoms with Crippen molar-refractivity contribution in [3.8, 4) is 5.75 Å². The lowest BCUT2D eigenvalue weighted by molar-refractivity contribution is 0.302. The Bertz CT molecular complexity index is 889. The van der Waals surface area contributed by atoms with Crippen molar-refractivity contribution in [3.05, 3.63) is 97.9 Å². The molecule has 3 rings (SSSR count). The van der Waals surface area contributed by atoms with Crippen LogP contribution in [0.2, 0.25) is 10.0 Å². The van der Waals surface area contributed by atoms with E-state index in [0.717, 1.165) is 31.9 Å². The number of halogens is 4. The zero-order valence-electron chi connectivity index (χ0n) is 14.4. The van der Waals surface area contributed by atoms with E-state index in [0.29, 0.717) is 24.7 Å². The maximum absolute atomic E-state index is 6.21. The summed E-state index contributed by atoms with van der Waals surface area (Å²) in [5.74, 6) is 0.833. The number of hydrogen-bond acceptors (Lipinski definition) is 2. The van der Waals surface area contributed by atoms with E-state index < -0.39 is 0 Å². The molecular formula is C21H19BrCl3NO. The van der Waals surface area contributed by atoms with Crippen LogP contribution in [0.5, 0.6) is 5.75 Å². The van der Waals surface area contributed by atoms with Crippen LogP contribution in [-0.2, 0) is 19.7 Å². The Kier molecular flexibility index (Phi) is 8.94. The minimum absolute atomic E-state index is 0. The van der Waals surface area contributed by atoms with Gasteiger partial charge in [-0.2, -0.15) is 0 Å². The third kappa shape index (κ3) is 6.41. The SMILES string of the molecule is Cl.Clc1ccccc1CNCc1cc(Br)ccc1OCc1ccccc1Cl. The van der Waals surface area contributed by atoms with Crippen molar-refractivity contribution in [2.24, 2.45) is 0 Å². The summed E-state index contributed by atoms with van der Waals surface area (Å²) in [6.07, 6.45) is 0. The molecule has 27 heavy (non-hydrogen) atoms. The molecule has 0 spiro atoms. The molecule has 0 bridgehead atoms. The summed E-state index contributed by atoms with van der Waals surface area (Å²) < 4.78 is 7.03. The Morgan fingerprint density at radius 3 is 2.04 bits per heavy atom. The van der Waals surface area contributed by atoms with E-state index in [1.807, 2.05) is 60.7 Å². The Labute approximate surface area is 184 Å². The summed E-state index contributed by atoms with van der Waals surface area (Å²) in [5, 5.41) is 4.90. The molecule has 0 aliphatic heterocycles. The van der Waals surface area contributed by atoms with Gasteiger partial charge in [0, 0.05) is 38.7 Å². The first-order chi connectivity index (χ1) is 12.6. The second-order valence-corrected chi connectivity index (χ2v) is 7.56. The van der Waals surface area contributed by atoms with Crippen molar-refractivity contribution >= 4 is 51.5 Å². The largest absolute Gasteiger partial charge is 0.489 e.